The quantitative estimate of drug-likeness (QED) is 0.566. The van der Waals surface area contributed by atoms with Gasteiger partial charge in [0.2, 0.25) is 0 Å². The first kappa shape index (κ1) is 9.44. The summed E-state index contributed by atoms with van der Waals surface area (Å²) in [6, 6.07) is 0. The Morgan fingerprint density at radius 2 is 1.54 bits per heavy atom. The highest BCUT2D eigenvalue weighted by atomic mass is 16.7. The predicted molar refractivity (Wildman–Crippen MR) is 50.6 cm³/mol. The summed E-state index contributed by atoms with van der Waals surface area (Å²) in [5.41, 5.74) is 0. The zero-order chi connectivity index (χ0) is 9.15. The SMILES string of the molecule is CN1CCCC2(CCC1)OCCO2. The molecular formula is C10H19NO2. The maximum atomic E-state index is 5.71. The molecule has 0 aromatic heterocycles. The van der Waals surface area contributed by atoms with E-state index in [1.807, 2.05) is 0 Å². The second-order valence-corrected chi connectivity index (χ2v) is 4.12. The Balaban J connectivity index is 1.90. The smallest absolute Gasteiger partial charge is 0.168 e. The van der Waals surface area contributed by atoms with Gasteiger partial charge in [-0.25, -0.2) is 0 Å². The predicted octanol–water partition coefficient (Wildman–Crippen LogP) is 1.24. The fourth-order valence-corrected chi connectivity index (χ4v) is 2.26. The summed E-state index contributed by atoms with van der Waals surface area (Å²) in [6.07, 6.45) is 4.52. The van der Waals surface area contributed by atoms with Crippen LogP contribution in [-0.4, -0.2) is 44.0 Å². The van der Waals surface area contributed by atoms with E-state index in [1.165, 1.54) is 25.9 Å². The minimum atomic E-state index is -0.193. The molecule has 2 aliphatic rings. The van der Waals surface area contributed by atoms with Crippen LogP contribution in [0.4, 0.5) is 0 Å². The highest BCUT2D eigenvalue weighted by molar-refractivity contribution is 4.77. The van der Waals surface area contributed by atoms with Crippen LogP contribution in [0.2, 0.25) is 0 Å². The van der Waals surface area contributed by atoms with Gasteiger partial charge in [-0.1, -0.05) is 0 Å². The van der Waals surface area contributed by atoms with Gasteiger partial charge in [-0.15, -0.1) is 0 Å². The molecule has 2 aliphatic heterocycles. The van der Waals surface area contributed by atoms with Gasteiger partial charge in [0.1, 0.15) is 0 Å². The number of nitrogens with zero attached hydrogens (tertiary/aromatic N) is 1. The van der Waals surface area contributed by atoms with Crippen LogP contribution in [0.3, 0.4) is 0 Å². The molecule has 2 rings (SSSR count). The highest BCUT2D eigenvalue weighted by Gasteiger charge is 2.36. The molecule has 76 valence electrons. The van der Waals surface area contributed by atoms with Crippen LogP contribution in [0.15, 0.2) is 0 Å². The number of hydrogen-bond acceptors (Lipinski definition) is 3. The first-order valence-electron chi connectivity index (χ1n) is 5.27. The van der Waals surface area contributed by atoms with Gasteiger partial charge in [0.15, 0.2) is 5.79 Å². The third kappa shape index (κ3) is 2.22. The maximum absolute atomic E-state index is 5.71. The Kier molecular flexibility index (Phi) is 2.86. The molecule has 0 aromatic carbocycles. The fourth-order valence-electron chi connectivity index (χ4n) is 2.26. The lowest BCUT2D eigenvalue weighted by Crippen LogP contribution is -2.35. The van der Waals surface area contributed by atoms with Crippen molar-refractivity contribution in [2.75, 3.05) is 33.4 Å². The van der Waals surface area contributed by atoms with E-state index in [0.29, 0.717) is 0 Å². The molecule has 0 amide bonds. The summed E-state index contributed by atoms with van der Waals surface area (Å²) in [4.78, 5) is 2.39. The first-order valence-corrected chi connectivity index (χ1v) is 5.27. The van der Waals surface area contributed by atoms with Crippen molar-refractivity contribution >= 4 is 0 Å². The molecule has 0 unspecified atom stereocenters. The van der Waals surface area contributed by atoms with Crippen LogP contribution in [0.25, 0.3) is 0 Å². The van der Waals surface area contributed by atoms with Crippen LogP contribution in [0.1, 0.15) is 25.7 Å². The summed E-state index contributed by atoms with van der Waals surface area (Å²) < 4.78 is 11.4. The van der Waals surface area contributed by atoms with Gasteiger partial charge in [0.05, 0.1) is 13.2 Å². The lowest BCUT2D eigenvalue weighted by atomic mass is 10.0. The van der Waals surface area contributed by atoms with Crippen molar-refractivity contribution in [3.05, 3.63) is 0 Å². The standard InChI is InChI=1S/C10H19NO2/c1-11-6-2-4-10(5-3-7-11)12-8-9-13-10/h2-9H2,1H3. The van der Waals surface area contributed by atoms with Crippen molar-refractivity contribution in [3.63, 3.8) is 0 Å². The van der Waals surface area contributed by atoms with Crippen molar-refractivity contribution in [1.29, 1.82) is 0 Å². The van der Waals surface area contributed by atoms with Crippen molar-refractivity contribution in [2.45, 2.75) is 31.5 Å². The van der Waals surface area contributed by atoms with E-state index in [4.69, 9.17) is 9.47 Å². The molecule has 0 radical (unpaired) electrons. The summed E-state index contributed by atoms with van der Waals surface area (Å²) in [5, 5.41) is 0. The molecule has 0 bridgehead atoms. The molecule has 0 atom stereocenters. The normalized spacial score (nSPS) is 30.2. The molecule has 0 saturated carbocycles. The van der Waals surface area contributed by atoms with Crippen molar-refractivity contribution in [2.24, 2.45) is 0 Å². The molecular weight excluding hydrogens is 166 g/mol. The maximum Gasteiger partial charge on any atom is 0.168 e. The van der Waals surface area contributed by atoms with E-state index in [0.717, 1.165) is 26.1 Å². The third-order valence-electron chi connectivity index (χ3n) is 3.01. The van der Waals surface area contributed by atoms with E-state index in [9.17, 15) is 0 Å². The zero-order valence-electron chi connectivity index (χ0n) is 8.42. The highest BCUT2D eigenvalue weighted by Crippen LogP contribution is 2.31. The number of ether oxygens (including phenoxy) is 2. The first-order chi connectivity index (χ1) is 6.31. The molecule has 1 spiro atoms. The number of likely N-dealkylation sites (tertiary alicyclic amines) is 1. The van der Waals surface area contributed by atoms with E-state index < -0.39 is 0 Å². The van der Waals surface area contributed by atoms with Gasteiger partial charge >= 0.3 is 0 Å². The van der Waals surface area contributed by atoms with Gasteiger partial charge in [-0.2, -0.15) is 0 Å². The van der Waals surface area contributed by atoms with Gasteiger partial charge in [0.25, 0.3) is 0 Å². The Morgan fingerprint density at radius 3 is 2.08 bits per heavy atom. The minimum absolute atomic E-state index is 0.193. The molecule has 2 saturated heterocycles. The van der Waals surface area contributed by atoms with Crippen molar-refractivity contribution in [1.82, 2.24) is 4.90 Å². The molecule has 2 heterocycles. The molecule has 2 fully saturated rings. The topological polar surface area (TPSA) is 21.7 Å². The lowest BCUT2D eigenvalue weighted by Gasteiger charge is -2.31. The average molecular weight is 185 g/mol. The van der Waals surface area contributed by atoms with Gasteiger partial charge in [0, 0.05) is 12.8 Å². The van der Waals surface area contributed by atoms with Crippen LogP contribution in [0, 0.1) is 0 Å². The Bertz CT molecular complexity index is 154. The summed E-state index contributed by atoms with van der Waals surface area (Å²) in [5.74, 6) is -0.193. The van der Waals surface area contributed by atoms with E-state index in [-0.39, 0.29) is 5.79 Å². The molecule has 0 aromatic rings. The van der Waals surface area contributed by atoms with Gasteiger partial charge < -0.3 is 14.4 Å². The van der Waals surface area contributed by atoms with Gasteiger partial charge in [-0.05, 0) is 33.0 Å². The monoisotopic (exact) mass is 185 g/mol. The Hall–Kier alpha value is -0.120. The summed E-state index contributed by atoms with van der Waals surface area (Å²) >= 11 is 0. The summed E-state index contributed by atoms with van der Waals surface area (Å²) in [7, 11) is 2.19. The molecule has 3 heteroatoms. The lowest BCUT2D eigenvalue weighted by molar-refractivity contribution is -0.171. The Morgan fingerprint density at radius 1 is 1.00 bits per heavy atom. The van der Waals surface area contributed by atoms with Crippen molar-refractivity contribution < 1.29 is 9.47 Å². The summed E-state index contributed by atoms with van der Waals surface area (Å²) in [6.45, 7) is 3.93. The van der Waals surface area contributed by atoms with E-state index in [1.54, 1.807) is 0 Å². The minimum Gasteiger partial charge on any atom is -0.348 e. The fraction of sp³-hybridized carbons (Fsp3) is 1.00. The zero-order valence-corrected chi connectivity index (χ0v) is 8.42. The van der Waals surface area contributed by atoms with Crippen LogP contribution >= 0.6 is 0 Å². The van der Waals surface area contributed by atoms with E-state index in [2.05, 4.69) is 11.9 Å². The average Bonchev–Trinajstić information content (AvgIpc) is 2.51. The van der Waals surface area contributed by atoms with Crippen molar-refractivity contribution in [3.8, 4) is 0 Å². The second-order valence-electron chi connectivity index (χ2n) is 4.12. The second kappa shape index (κ2) is 3.95. The molecule has 13 heavy (non-hydrogen) atoms. The number of rotatable bonds is 0. The van der Waals surface area contributed by atoms with E-state index >= 15 is 0 Å². The number of hydrogen-bond donors (Lipinski definition) is 0. The van der Waals surface area contributed by atoms with Crippen LogP contribution in [0.5, 0.6) is 0 Å². The molecule has 3 nitrogen and oxygen atoms in total. The van der Waals surface area contributed by atoms with Gasteiger partial charge in [-0.3, -0.25) is 0 Å². The molecule has 0 N–H and O–H groups in total. The molecule has 0 aliphatic carbocycles. The largest absolute Gasteiger partial charge is 0.348 e. The van der Waals surface area contributed by atoms with Crippen LogP contribution < -0.4 is 0 Å². The Labute approximate surface area is 80.0 Å². The third-order valence-corrected chi connectivity index (χ3v) is 3.01. The van der Waals surface area contributed by atoms with Crippen LogP contribution in [-0.2, 0) is 9.47 Å².